The molecule has 0 saturated heterocycles. The second-order valence-corrected chi connectivity index (χ2v) is 5.65. The first kappa shape index (κ1) is 15.6. The molecule has 3 N–H and O–H groups in total. The van der Waals surface area contributed by atoms with Crippen molar-refractivity contribution in [3.05, 3.63) is 34.9 Å². The molecule has 0 aromatic carbocycles. The molecule has 2 aromatic rings. The summed E-state index contributed by atoms with van der Waals surface area (Å²) in [5.74, 6) is 0.0806. The minimum Gasteiger partial charge on any atom is -0.356 e. The van der Waals surface area contributed by atoms with Crippen LogP contribution in [-0.2, 0) is 11.2 Å². The summed E-state index contributed by atoms with van der Waals surface area (Å²) in [4.78, 5) is 20.0. The second kappa shape index (κ2) is 8.49. The summed E-state index contributed by atoms with van der Waals surface area (Å²) in [5, 5.41) is 6.06. The van der Waals surface area contributed by atoms with Crippen LogP contribution in [0.25, 0.3) is 11.3 Å². The average molecular weight is 304 g/mol. The standard InChI is InChI=1S/C15H20N4OS/c16-7-1-3-14(20)18-8-2-4-15-19-13(11-21-15)12-5-9-17-10-6-12/h5-6,9-11H,1-4,7-8,16H2,(H,18,20). The van der Waals surface area contributed by atoms with Crippen molar-refractivity contribution < 1.29 is 4.79 Å². The van der Waals surface area contributed by atoms with Gasteiger partial charge < -0.3 is 11.1 Å². The molecule has 5 nitrogen and oxygen atoms in total. The molecule has 2 heterocycles. The first-order valence-corrected chi connectivity index (χ1v) is 7.99. The lowest BCUT2D eigenvalue weighted by Crippen LogP contribution is -2.25. The van der Waals surface area contributed by atoms with Gasteiger partial charge in [-0.25, -0.2) is 4.98 Å². The average Bonchev–Trinajstić information content (AvgIpc) is 2.99. The Morgan fingerprint density at radius 1 is 1.29 bits per heavy atom. The molecule has 0 unspecified atom stereocenters. The van der Waals surface area contributed by atoms with E-state index in [0.717, 1.165) is 35.5 Å². The largest absolute Gasteiger partial charge is 0.356 e. The number of rotatable bonds is 8. The van der Waals surface area contributed by atoms with E-state index < -0.39 is 0 Å². The van der Waals surface area contributed by atoms with E-state index in [-0.39, 0.29) is 5.91 Å². The van der Waals surface area contributed by atoms with Crippen LogP contribution in [0.15, 0.2) is 29.9 Å². The molecular weight excluding hydrogens is 284 g/mol. The third-order valence-corrected chi connectivity index (χ3v) is 3.93. The lowest BCUT2D eigenvalue weighted by molar-refractivity contribution is -0.121. The van der Waals surface area contributed by atoms with Gasteiger partial charge in [0.05, 0.1) is 10.7 Å². The third kappa shape index (κ3) is 5.24. The Morgan fingerprint density at radius 3 is 2.86 bits per heavy atom. The van der Waals surface area contributed by atoms with Crippen LogP contribution in [0.5, 0.6) is 0 Å². The highest BCUT2D eigenvalue weighted by atomic mass is 32.1. The van der Waals surface area contributed by atoms with Gasteiger partial charge in [-0.05, 0) is 31.5 Å². The van der Waals surface area contributed by atoms with Crippen molar-refractivity contribution in [2.24, 2.45) is 5.73 Å². The number of hydrogen-bond donors (Lipinski definition) is 2. The van der Waals surface area contributed by atoms with Gasteiger partial charge >= 0.3 is 0 Å². The number of aryl methyl sites for hydroxylation is 1. The van der Waals surface area contributed by atoms with Gasteiger partial charge in [0.25, 0.3) is 0 Å². The number of amides is 1. The summed E-state index contributed by atoms with van der Waals surface area (Å²) in [6, 6.07) is 3.91. The Hall–Kier alpha value is -1.79. The van der Waals surface area contributed by atoms with Gasteiger partial charge in [0.2, 0.25) is 5.91 Å². The Labute approximate surface area is 128 Å². The fourth-order valence-electron chi connectivity index (χ4n) is 1.90. The van der Waals surface area contributed by atoms with Crippen LogP contribution in [0.4, 0.5) is 0 Å². The normalized spacial score (nSPS) is 10.5. The van der Waals surface area contributed by atoms with E-state index in [2.05, 4.69) is 20.7 Å². The SMILES string of the molecule is NCCCC(=O)NCCCc1nc(-c2ccncc2)cs1. The number of pyridine rings is 1. The van der Waals surface area contributed by atoms with E-state index >= 15 is 0 Å². The molecule has 112 valence electrons. The van der Waals surface area contributed by atoms with Crippen LogP contribution in [0, 0.1) is 0 Å². The summed E-state index contributed by atoms with van der Waals surface area (Å²) < 4.78 is 0. The van der Waals surface area contributed by atoms with E-state index in [0.29, 0.717) is 19.5 Å². The van der Waals surface area contributed by atoms with Gasteiger partial charge in [-0.3, -0.25) is 9.78 Å². The number of carbonyl (C=O) groups excluding carboxylic acids is 1. The quantitative estimate of drug-likeness (QED) is 0.731. The van der Waals surface area contributed by atoms with Gasteiger partial charge in [0.1, 0.15) is 0 Å². The zero-order chi connectivity index (χ0) is 14.9. The maximum Gasteiger partial charge on any atom is 0.220 e. The molecule has 0 atom stereocenters. The number of aromatic nitrogens is 2. The molecule has 0 saturated carbocycles. The van der Waals surface area contributed by atoms with Gasteiger partial charge in [-0.15, -0.1) is 11.3 Å². The smallest absolute Gasteiger partial charge is 0.220 e. The molecule has 6 heteroatoms. The summed E-state index contributed by atoms with van der Waals surface area (Å²) in [7, 11) is 0. The maximum atomic E-state index is 11.4. The van der Waals surface area contributed by atoms with Crippen molar-refractivity contribution in [3.63, 3.8) is 0 Å². The summed E-state index contributed by atoms with van der Waals surface area (Å²) in [5.41, 5.74) is 7.44. The molecule has 0 aliphatic carbocycles. The van der Waals surface area contributed by atoms with Crippen molar-refractivity contribution >= 4 is 17.2 Å². The van der Waals surface area contributed by atoms with Crippen molar-refractivity contribution in [3.8, 4) is 11.3 Å². The predicted octanol–water partition coefficient (Wildman–Crippen LogP) is 1.99. The molecule has 0 aliphatic rings. The van der Waals surface area contributed by atoms with Crippen molar-refractivity contribution in [2.45, 2.75) is 25.7 Å². The van der Waals surface area contributed by atoms with E-state index in [1.165, 1.54) is 0 Å². The molecule has 2 rings (SSSR count). The third-order valence-electron chi connectivity index (χ3n) is 3.03. The van der Waals surface area contributed by atoms with Crippen molar-refractivity contribution in [1.82, 2.24) is 15.3 Å². The molecule has 1 amide bonds. The predicted molar refractivity (Wildman–Crippen MR) is 85.0 cm³/mol. The van der Waals surface area contributed by atoms with Gasteiger partial charge in [0, 0.05) is 42.7 Å². The molecule has 0 spiro atoms. The van der Waals surface area contributed by atoms with Crippen molar-refractivity contribution in [2.75, 3.05) is 13.1 Å². The van der Waals surface area contributed by atoms with E-state index in [4.69, 9.17) is 5.73 Å². The molecule has 0 aliphatic heterocycles. The number of thiazole rings is 1. The lowest BCUT2D eigenvalue weighted by atomic mass is 10.2. The lowest BCUT2D eigenvalue weighted by Gasteiger charge is -2.03. The number of nitrogens with two attached hydrogens (primary N) is 1. The Morgan fingerprint density at radius 2 is 2.10 bits per heavy atom. The zero-order valence-electron chi connectivity index (χ0n) is 11.9. The van der Waals surface area contributed by atoms with Crippen LogP contribution in [0.1, 0.15) is 24.3 Å². The number of hydrogen-bond acceptors (Lipinski definition) is 5. The summed E-state index contributed by atoms with van der Waals surface area (Å²) in [6.45, 7) is 1.25. The number of nitrogens with one attached hydrogen (secondary N) is 1. The highest BCUT2D eigenvalue weighted by Crippen LogP contribution is 2.21. The highest BCUT2D eigenvalue weighted by Gasteiger charge is 2.05. The van der Waals surface area contributed by atoms with E-state index in [1.807, 2.05) is 12.1 Å². The molecule has 2 aromatic heterocycles. The van der Waals surface area contributed by atoms with Crippen LogP contribution in [0.2, 0.25) is 0 Å². The van der Waals surface area contributed by atoms with Crippen LogP contribution >= 0.6 is 11.3 Å². The minimum absolute atomic E-state index is 0.0806. The van der Waals surface area contributed by atoms with Gasteiger partial charge in [0.15, 0.2) is 0 Å². The van der Waals surface area contributed by atoms with E-state index in [1.54, 1.807) is 23.7 Å². The Balaban J connectivity index is 1.72. The molecule has 0 bridgehead atoms. The fourth-order valence-corrected chi connectivity index (χ4v) is 2.75. The monoisotopic (exact) mass is 304 g/mol. The van der Waals surface area contributed by atoms with Crippen LogP contribution < -0.4 is 11.1 Å². The van der Waals surface area contributed by atoms with Gasteiger partial charge in [-0.1, -0.05) is 0 Å². The Bertz CT molecular complexity index is 556. The topological polar surface area (TPSA) is 80.9 Å². The first-order valence-electron chi connectivity index (χ1n) is 7.11. The highest BCUT2D eigenvalue weighted by molar-refractivity contribution is 7.09. The zero-order valence-corrected chi connectivity index (χ0v) is 12.7. The number of carbonyl (C=O) groups is 1. The summed E-state index contributed by atoms with van der Waals surface area (Å²) in [6.07, 6.45) is 6.58. The molecule has 0 radical (unpaired) electrons. The summed E-state index contributed by atoms with van der Waals surface area (Å²) >= 11 is 1.66. The maximum absolute atomic E-state index is 11.4. The van der Waals surface area contributed by atoms with Crippen LogP contribution in [-0.4, -0.2) is 29.0 Å². The second-order valence-electron chi connectivity index (χ2n) is 4.71. The van der Waals surface area contributed by atoms with Crippen LogP contribution in [0.3, 0.4) is 0 Å². The fraction of sp³-hybridized carbons (Fsp3) is 0.400. The molecular formula is C15H20N4OS. The molecule has 21 heavy (non-hydrogen) atoms. The molecule has 0 fully saturated rings. The minimum atomic E-state index is 0.0806. The number of nitrogens with zero attached hydrogens (tertiary/aromatic N) is 2. The van der Waals surface area contributed by atoms with Crippen molar-refractivity contribution in [1.29, 1.82) is 0 Å². The van der Waals surface area contributed by atoms with E-state index in [9.17, 15) is 4.79 Å². The first-order chi connectivity index (χ1) is 10.3. The van der Waals surface area contributed by atoms with Gasteiger partial charge in [-0.2, -0.15) is 0 Å². The Kier molecular flexibility index (Phi) is 6.30.